The third-order valence-corrected chi connectivity index (χ3v) is 5.39. The number of hydrogen-bond acceptors (Lipinski definition) is 8. The van der Waals surface area contributed by atoms with Gasteiger partial charge in [-0.2, -0.15) is 0 Å². The summed E-state index contributed by atoms with van der Waals surface area (Å²) in [7, 11) is 1.80. The molecule has 1 unspecified atom stereocenters. The molecule has 0 aliphatic rings. The van der Waals surface area contributed by atoms with Gasteiger partial charge in [0.25, 0.3) is 0 Å². The van der Waals surface area contributed by atoms with Crippen LogP contribution in [0.15, 0.2) is 61.3 Å². The van der Waals surface area contributed by atoms with Gasteiger partial charge in [-0.05, 0) is 42.3 Å². The maximum atomic E-state index is 12.5. The maximum Gasteiger partial charge on any atom is 0.339 e. The Morgan fingerprint density at radius 2 is 1.94 bits per heavy atom. The molecule has 0 amide bonds. The second kappa shape index (κ2) is 10.4. The number of nitrogen functional groups attached to an aromatic ring is 1. The predicted octanol–water partition coefficient (Wildman–Crippen LogP) is 3.11. The SMILES string of the molecule is C=CC(O)c1cccc(F)c1.CNc1ccc(-c2nc(C(O)(O)O)n3c(Cl)cnc(N)c23)c(C)c1. The van der Waals surface area contributed by atoms with Crippen molar-refractivity contribution in [2.75, 3.05) is 18.1 Å². The molecule has 1 atom stereocenters. The smallest absolute Gasteiger partial charge is 0.339 e. The lowest BCUT2D eigenvalue weighted by Crippen LogP contribution is -2.27. The summed E-state index contributed by atoms with van der Waals surface area (Å²) >= 11 is 6.09. The Hall–Kier alpha value is -3.54. The Labute approximate surface area is 205 Å². The number of fused-ring (bicyclic) bond motifs is 1. The normalized spacial score (nSPS) is 12.1. The zero-order valence-electron chi connectivity index (χ0n) is 18.9. The zero-order valence-corrected chi connectivity index (χ0v) is 19.7. The molecule has 0 radical (unpaired) electrons. The number of halogens is 2. The molecule has 4 rings (SSSR count). The van der Waals surface area contributed by atoms with E-state index in [1.807, 2.05) is 19.1 Å². The fourth-order valence-electron chi connectivity index (χ4n) is 3.43. The Morgan fingerprint density at radius 1 is 1.23 bits per heavy atom. The van der Waals surface area contributed by atoms with Crippen LogP contribution in [0.2, 0.25) is 5.15 Å². The molecule has 9 nitrogen and oxygen atoms in total. The molecule has 7 N–H and O–H groups in total. The quantitative estimate of drug-likeness (QED) is 0.180. The number of aliphatic hydroxyl groups excluding tert-OH is 1. The van der Waals surface area contributed by atoms with Crippen LogP contribution in [0.4, 0.5) is 15.9 Å². The van der Waals surface area contributed by atoms with Crippen molar-refractivity contribution in [2.45, 2.75) is 19.0 Å². The van der Waals surface area contributed by atoms with Crippen molar-refractivity contribution >= 4 is 28.6 Å². The molecule has 4 aromatic rings. The summed E-state index contributed by atoms with van der Waals surface area (Å²) in [5, 5.41) is 41.1. The van der Waals surface area contributed by atoms with Gasteiger partial charge in [-0.1, -0.05) is 35.9 Å². The molecule has 0 spiro atoms. The van der Waals surface area contributed by atoms with Crippen LogP contribution in [-0.4, -0.2) is 41.8 Å². The fraction of sp³-hybridized carbons (Fsp3) is 0.167. The third kappa shape index (κ3) is 5.59. The molecule has 0 fully saturated rings. The van der Waals surface area contributed by atoms with E-state index in [4.69, 9.17) is 22.4 Å². The van der Waals surface area contributed by atoms with Gasteiger partial charge >= 0.3 is 5.97 Å². The van der Waals surface area contributed by atoms with Crippen LogP contribution < -0.4 is 11.1 Å². The second-order valence-corrected chi connectivity index (χ2v) is 7.97. The van der Waals surface area contributed by atoms with Gasteiger partial charge in [0.1, 0.15) is 28.0 Å². The Kier molecular flexibility index (Phi) is 7.73. The zero-order chi connectivity index (χ0) is 25.9. The first-order valence-corrected chi connectivity index (χ1v) is 10.7. The number of nitrogens with one attached hydrogen (secondary N) is 1. The molecule has 2 aromatic carbocycles. The molecule has 0 saturated carbocycles. The first-order chi connectivity index (χ1) is 16.5. The molecule has 184 valence electrons. The lowest BCUT2D eigenvalue weighted by Gasteiger charge is -2.13. The topological polar surface area (TPSA) is 149 Å². The molecule has 0 aliphatic heterocycles. The molecule has 0 bridgehead atoms. The Balaban J connectivity index is 0.000000261. The van der Waals surface area contributed by atoms with E-state index in [1.165, 1.54) is 24.4 Å². The summed E-state index contributed by atoms with van der Waals surface area (Å²) in [6.45, 7) is 5.27. The minimum atomic E-state index is -3.18. The van der Waals surface area contributed by atoms with Crippen LogP contribution in [0.3, 0.4) is 0 Å². The molecular formula is C24H25ClFN5O4. The van der Waals surface area contributed by atoms with Crippen molar-refractivity contribution in [2.24, 2.45) is 0 Å². The van der Waals surface area contributed by atoms with E-state index in [0.717, 1.165) is 15.7 Å². The van der Waals surface area contributed by atoms with Gasteiger partial charge in [0.05, 0.1) is 12.3 Å². The highest BCUT2D eigenvalue weighted by molar-refractivity contribution is 6.30. The van der Waals surface area contributed by atoms with Gasteiger partial charge in [0.15, 0.2) is 0 Å². The van der Waals surface area contributed by atoms with Crippen molar-refractivity contribution in [3.63, 3.8) is 0 Å². The van der Waals surface area contributed by atoms with Gasteiger partial charge in [-0.15, -0.1) is 6.58 Å². The minimum Gasteiger partial charge on any atom is -0.388 e. The highest BCUT2D eigenvalue weighted by atomic mass is 35.5. The van der Waals surface area contributed by atoms with Crippen molar-refractivity contribution in [3.8, 4) is 11.3 Å². The highest BCUT2D eigenvalue weighted by Crippen LogP contribution is 2.35. The van der Waals surface area contributed by atoms with E-state index < -0.39 is 17.9 Å². The number of hydrogen-bond donors (Lipinski definition) is 6. The maximum absolute atomic E-state index is 12.5. The highest BCUT2D eigenvalue weighted by Gasteiger charge is 2.32. The number of aryl methyl sites for hydroxylation is 1. The molecule has 2 aromatic heterocycles. The third-order valence-electron chi connectivity index (χ3n) is 5.13. The van der Waals surface area contributed by atoms with Gasteiger partial charge in [-0.3, -0.25) is 4.40 Å². The van der Waals surface area contributed by atoms with E-state index in [1.54, 1.807) is 25.2 Å². The first-order valence-electron chi connectivity index (χ1n) is 10.3. The van der Waals surface area contributed by atoms with E-state index >= 15 is 0 Å². The standard InChI is InChI=1S/C15H16ClN5O3.C9H9FO/c1-7-5-8(18-2)3-4-9(7)11-12-13(17)19-6-10(16)21(12)14(20-11)15(22,23)24;1-2-9(11)7-4-3-5-8(10)6-7/h3-6,18,22-24H,1-2H3,(H2,17,19);2-6,9,11H,1H2. The average molecular weight is 502 g/mol. The van der Waals surface area contributed by atoms with Crippen molar-refractivity contribution < 1.29 is 24.8 Å². The lowest BCUT2D eigenvalue weighted by molar-refractivity contribution is -0.329. The molecule has 35 heavy (non-hydrogen) atoms. The number of nitrogens with zero attached hydrogens (tertiary/aromatic N) is 3. The van der Waals surface area contributed by atoms with Crippen molar-refractivity contribution in [3.05, 3.63) is 89.2 Å². The van der Waals surface area contributed by atoms with Crippen LogP contribution in [0.5, 0.6) is 0 Å². The summed E-state index contributed by atoms with van der Waals surface area (Å²) in [6, 6.07) is 11.4. The van der Waals surface area contributed by atoms with Gasteiger partial charge < -0.3 is 31.5 Å². The summed E-state index contributed by atoms with van der Waals surface area (Å²) in [4.78, 5) is 8.14. The van der Waals surface area contributed by atoms with Crippen LogP contribution in [0.1, 0.15) is 23.1 Å². The molecule has 11 heteroatoms. The van der Waals surface area contributed by atoms with Gasteiger partial charge in [-0.25, -0.2) is 14.4 Å². The van der Waals surface area contributed by atoms with E-state index in [2.05, 4.69) is 21.9 Å². The summed E-state index contributed by atoms with van der Waals surface area (Å²) in [5.74, 6) is -3.90. The van der Waals surface area contributed by atoms with Crippen LogP contribution in [0, 0.1) is 12.7 Å². The molecule has 2 heterocycles. The number of anilines is 2. The number of aromatic nitrogens is 3. The van der Waals surface area contributed by atoms with E-state index in [-0.39, 0.29) is 22.3 Å². The van der Waals surface area contributed by atoms with Crippen molar-refractivity contribution in [1.82, 2.24) is 14.4 Å². The average Bonchev–Trinajstić information content (AvgIpc) is 3.23. The van der Waals surface area contributed by atoms with Crippen LogP contribution in [0.25, 0.3) is 16.8 Å². The number of imidazole rings is 1. The summed E-state index contributed by atoms with van der Waals surface area (Å²) < 4.78 is 13.7. The predicted molar refractivity (Wildman–Crippen MR) is 132 cm³/mol. The summed E-state index contributed by atoms with van der Waals surface area (Å²) in [5.41, 5.74) is 9.54. The van der Waals surface area contributed by atoms with E-state index in [0.29, 0.717) is 16.8 Å². The van der Waals surface area contributed by atoms with E-state index in [9.17, 15) is 19.7 Å². The first kappa shape index (κ1) is 26.1. The molecule has 0 aliphatic carbocycles. The Bertz CT molecular complexity index is 1370. The fourth-order valence-corrected chi connectivity index (χ4v) is 3.64. The van der Waals surface area contributed by atoms with Crippen LogP contribution >= 0.6 is 11.6 Å². The number of aliphatic hydroxyl groups is 4. The molecular weight excluding hydrogens is 477 g/mol. The van der Waals surface area contributed by atoms with Gasteiger partial charge in [0, 0.05) is 18.3 Å². The monoisotopic (exact) mass is 501 g/mol. The number of rotatable bonds is 5. The van der Waals surface area contributed by atoms with Gasteiger partial charge in [0.2, 0.25) is 5.82 Å². The largest absolute Gasteiger partial charge is 0.388 e. The molecule has 0 saturated heterocycles. The Morgan fingerprint density at radius 3 is 2.51 bits per heavy atom. The second-order valence-electron chi connectivity index (χ2n) is 7.58. The number of benzene rings is 2. The van der Waals surface area contributed by atoms with Crippen molar-refractivity contribution in [1.29, 1.82) is 0 Å². The lowest BCUT2D eigenvalue weighted by atomic mass is 10.0. The van der Waals surface area contributed by atoms with Crippen LogP contribution in [-0.2, 0) is 5.97 Å². The minimum absolute atomic E-state index is 0.0268. The summed E-state index contributed by atoms with van der Waals surface area (Å²) in [6.07, 6.45) is 1.82. The number of nitrogens with two attached hydrogens (primary N) is 1.